The second kappa shape index (κ2) is 6.56. The molecule has 140 valence electrons. The Labute approximate surface area is 157 Å². The van der Waals surface area contributed by atoms with Gasteiger partial charge in [0, 0.05) is 13.0 Å². The molecule has 1 atom stereocenters. The highest BCUT2D eigenvalue weighted by atomic mass is 16.5. The molecule has 1 saturated heterocycles. The van der Waals surface area contributed by atoms with Crippen molar-refractivity contribution in [1.82, 2.24) is 24.6 Å². The van der Waals surface area contributed by atoms with Gasteiger partial charge in [-0.05, 0) is 44.4 Å². The van der Waals surface area contributed by atoms with Crippen molar-refractivity contribution in [3.63, 3.8) is 0 Å². The Hall–Kier alpha value is -2.54. The molecule has 1 aliphatic carbocycles. The lowest BCUT2D eigenvalue weighted by atomic mass is 9.85. The molecule has 1 aliphatic heterocycles. The molecule has 7 heteroatoms. The molecule has 0 N–H and O–H groups in total. The van der Waals surface area contributed by atoms with Crippen molar-refractivity contribution in [3.05, 3.63) is 52.2 Å². The fourth-order valence-electron chi connectivity index (χ4n) is 4.18. The first-order chi connectivity index (χ1) is 13.2. The van der Waals surface area contributed by atoms with E-state index in [1.165, 1.54) is 6.42 Å². The monoisotopic (exact) mass is 365 g/mol. The van der Waals surface area contributed by atoms with Crippen molar-refractivity contribution in [2.45, 2.75) is 50.6 Å². The van der Waals surface area contributed by atoms with Crippen LogP contribution in [0.2, 0.25) is 0 Å². The van der Waals surface area contributed by atoms with Crippen molar-refractivity contribution in [1.29, 1.82) is 0 Å². The van der Waals surface area contributed by atoms with Crippen LogP contribution in [0.4, 0.5) is 0 Å². The van der Waals surface area contributed by atoms with E-state index in [9.17, 15) is 4.79 Å². The molecule has 2 fully saturated rings. The fraction of sp³-hybridized carbons (Fsp3) is 0.500. The second-order valence-corrected chi connectivity index (χ2v) is 7.66. The summed E-state index contributed by atoms with van der Waals surface area (Å²) < 4.78 is 7.16. The van der Waals surface area contributed by atoms with Crippen LogP contribution in [0.15, 0.2) is 33.6 Å². The molecule has 3 aromatic rings. The maximum Gasteiger partial charge on any atom is 0.261 e. The topological polar surface area (TPSA) is 77.1 Å². The van der Waals surface area contributed by atoms with Gasteiger partial charge >= 0.3 is 0 Å². The zero-order valence-corrected chi connectivity index (χ0v) is 15.5. The van der Waals surface area contributed by atoms with Crippen molar-refractivity contribution in [3.8, 4) is 0 Å². The molecule has 1 aromatic carbocycles. The van der Waals surface area contributed by atoms with Crippen LogP contribution < -0.4 is 5.56 Å². The van der Waals surface area contributed by atoms with E-state index < -0.39 is 0 Å². The van der Waals surface area contributed by atoms with Gasteiger partial charge in [0.2, 0.25) is 5.89 Å². The summed E-state index contributed by atoms with van der Waals surface area (Å²) in [6, 6.07) is 7.64. The van der Waals surface area contributed by atoms with Gasteiger partial charge in [0.05, 0.1) is 23.5 Å². The van der Waals surface area contributed by atoms with Crippen LogP contribution in [0.25, 0.3) is 10.9 Å². The van der Waals surface area contributed by atoms with Crippen LogP contribution >= 0.6 is 0 Å². The molecule has 2 aromatic heterocycles. The minimum atomic E-state index is 0.00859. The molecule has 0 bridgehead atoms. The van der Waals surface area contributed by atoms with E-state index in [4.69, 9.17) is 9.51 Å². The molecule has 0 amide bonds. The third-order valence-corrected chi connectivity index (χ3v) is 5.96. The molecular formula is C20H23N5O2. The summed E-state index contributed by atoms with van der Waals surface area (Å²) in [4.78, 5) is 24.5. The molecule has 0 spiro atoms. The summed E-state index contributed by atoms with van der Waals surface area (Å²) in [5.41, 5.74) is 0.767. The van der Waals surface area contributed by atoms with Crippen LogP contribution in [0, 0.1) is 0 Å². The number of benzene rings is 1. The van der Waals surface area contributed by atoms with Crippen LogP contribution in [-0.2, 0) is 13.6 Å². The highest BCUT2D eigenvalue weighted by molar-refractivity contribution is 5.77. The number of hydrogen-bond acceptors (Lipinski definition) is 6. The molecule has 1 saturated carbocycles. The minimum absolute atomic E-state index is 0.00859. The van der Waals surface area contributed by atoms with Crippen molar-refractivity contribution < 1.29 is 4.52 Å². The number of rotatable bonds is 4. The van der Waals surface area contributed by atoms with E-state index in [1.807, 2.05) is 31.3 Å². The van der Waals surface area contributed by atoms with Crippen LogP contribution in [0.3, 0.4) is 0 Å². The van der Waals surface area contributed by atoms with Crippen molar-refractivity contribution in [2.24, 2.45) is 7.05 Å². The van der Waals surface area contributed by atoms with E-state index >= 15 is 0 Å². The van der Waals surface area contributed by atoms with E-state index in [1.54, 1.807) is 4.57 Å². The van der Waals surface area contributed by atoms with Gasteiger partial charge in [-0.3, -0.25) is 14.3 Å². The average Bonchev–Trinajstić information content (AvgIpc) is 3.27. The van der Waals surface area contributed by atoms with Crippen LogP contribution in [-0.4, -0.2) is 31.1 Å². The molecule has 7 nitrogen and oxygen atoms in total. The molecule has 5 rings (SSSR count). The Kier molecular flexibility index (Phi) is 4.04. The largest absolute Gasteiger partial charge is 0.339 e. The first-order valence-corrected chi connectivity index (χ1v) is 9.73. The standard InChI is InChI=1S/C20H23N5O2/c1-24-18(21-15-9-3-2-8-14(15)20(24)26)16-10-5-11-25(16)12-17-22-19(27-23-17)13-6-4-7-13/h2-3,8-9,13,16H,4-7,10-12H2,1H3. The van der Waals surface area contributed by atoms with Gasteiger partial charge < -0.3 is 4.52 Å². The van der Waals surface area contributed by atoms with Crippen LogP contribution in [0.5, 0.6) is 0 Å². The minimum Gasteiger partial charge on any atom is -0.339 e. The smallest absolute Gasteiger partial charge is 0.261 e. The zero-order valence-electron chi connectivity index (χ0n) is 15.5. The predicted molar refractivity (Wildman–Crippen MR) is 100 cm³/mol. The van der Waals surface area contributed by atoms with Crippen molar-refractivity contribution in [2.75, 3.05) is 6.54 Å². The maximum absolute atomic E-state index is 12.8. The van der Waals surface area contributed by atoms with Gasteiger partial charge in [-0.15, -0.1) is 0 Å². The summed E-state index contributed by atoms with van der Waals surface area (Å²) in [5.74, 6) is 2.78. The quantitative estimate of drug-likeness (QED) is 0.707. The second-order valence-electron chi connectivity index (χ2n) is 7.66. The number of para-hydroxylation sites is 1. The molecule has 0 radical (unpaired) electrons. The lowest BCUT2D eigenvalue weighted by Crippen LogP contribution is -2.30. The third-order valence-electron chi connectivity index (χ3n) is 5.96. The Balaban J connectivity index is 1.44. The highest BCUT2D eigenvalue weighted by Crippen LogP contribution is 2.36. The zero-order chi connectivity index (χ0) is 18.4. The predicted octanol–water partition coefficient (Wildman–Crippen LogP) is 2.92. The number of fused-ring (bicyclic) bond motifs is 1. The van der Waals surface area contributed by atoms with Crippen LogP contribution in [0.1, 0.15) is 61.6 Å². The highest BCUT2D eigenvalue weighted by Gasteiger charge is 2.31. The maximum atomic E-state index is 12.8. The first kappa shape index (κ1) is 16.6. The SMILES string of the molecule is Cn1c(C2CCCN2Cc2noc(C3CCC3)n2)nc2ccccc2c1=O. The van der Waals surface area contributed by atoms with E-state index in [0.29, 0.717) is 17.8 Å². The Morgan fingerprint density at radius 1 is 1.15 bits per heavy atom. The number of aromatic nitrogens is 4. The Morgan fingerprint density at radius 2 is 2.00 bits per heavy atom. The van der Waals surface area contributed by atoms with E-state index in [-0.39, 0.29) is 11.6 Å². The molecule has 27 heavy (non-hydrogen) atoms. The van der Waals surface area contributed by atoms with Gasteiger partial charge in [-0.2, -0.15) is 4.98 Å². The lowest BCUT2D eigenvalue weighted by Gasteiger charge is -2.24. The van der Waals surface area contributed by atoms with Gasteiger partial charge in [0.25, 0.3) is 5.56 Å². The summed E-state index contributed by atoms with van der Waals surface area (Å²) in [5, 5.41) is 4.85. The van der Waals surface area contributed by atoms with E-state index in [2.05, 4.69) is 15.0 Å². The van der Waals surface area contributed by atoms with Gasteiger partial charge in [0.15, 0.2) is 5.82 Å². The molecular weight excluding hydrogens is 342 g/mol. The van der Waals surface area contributed by atoms with Gasteiger partial charge in [-0.25, -0.2) is 4.98 Å². The molecule has 1 unspecified atom stereocenters. The number of likely N-dealkylation sites (tertiary alicyclic amines) is 1. The van der Waals surface area contributed by atoms with Crippen molar-refractivity contribution >= 4 is 10.9 Å². The number of nitrogens with zero attached hydrogens (tertiary/aromatic N) is 5. The summed E-state index contributed by atoms with van der Waals surface area (Å²) >= 11 is 0. The van der Waals surface area contributed by atoms with Gasteiger partial charge in [0.1, 0.15) is 5.82 Å². The average molecular weight is 365 g/mol. The Bertz CT molecular complexity index is 1040. The number of hydrogen-bond donors (Lipinski definition) is 0. The molecule has 3 heterocycles. The summed E-state index contributed by atoms with van der Waals surface area (Å²) in [6.07, 6.45) is 5.60. The van der Waals surface area contributed by atoms with Gasteiger partial charge in [-0.1, -0.05) is 23.7 Å². The lowest BCUT2D eigenvalue weighted by molar-refractivity contribution is 0.225. The third kappa shape index (κ3) is 2.86. The first-order valence-electron chi connectivity index (χ1n) is 9.73. The molecule has 2 aliphatic rings. The Morgan fingerprint density at radius 3 is 2.81 bits per heavy atom. The fourth-order valence-corrected chi connectivity index (χ4v) is 4.18. The summed E-state index contributed by atoms with van der Waals surface area (Å²) in [7, 11) is 1.82. The summed E-state index contributed by atoms with van der Waals surface area (Å²) in [6.45, 7) is 1.57. The van der Waals surface area contributed by atoms with E-state index in [0.717, 1.165) is 55.3 Å². The normalized spacial score (nSPS) is 21.0.